The van der Waals surface area contributed by atoms with Gasteiger partial charge in [0.15, 0.2) is 0 Å². The Hall–Kier alpha value is 0.640. The Morgan fingerprint density at radius 1 is 1.12 bits per heavy atom. The Morgan fingerprint density at radius 2 is 1.69 bits per heavy atom. The monoisotopic (exact) mass is 347 g/mol. The van der Waals surface area contributed by atoms with Crippen LogP contribution in [0.5, 0.6) is 0 Å². The molecule has 0 aliphatic heterocycles. The van der Waals surface area contributed by atoms with E-state index < -0.39 is 0 Å². The van der Waals surface area contributed by atoms with Gasteiger partial charge in [0, 0.05) is 0 Å². The summed E-state index contributed by atoms with van der Waals surface area (Å²) in [5, 5.41) is 0.379. The van der Waals surface area contributed by atoms with Crippen LogP contribution in [-0.4, -0.2) is 9.52 Å². The van der Waals surface area contributed by atoms with Gasteiger partial charge in [-0.1, -0.05) is 55.0 Å². The molecule has 0 aromatic carbocycles. The van der Waals surface area contributed by atoms with Crippen molar-refractivity contribution >= 4 is 9.52 Å². The van der Waals surface area contributed by atoms with Crippen molar-refractivity contribution < 1.29 is 51.0 Å². The van der Waals surface area contributed by atoms with Gasteiger partial charge in [0.05, 0.1) is 9.52 Å². The zero-order valence-corrected chi connectivity index (χ0v) is 14.6. The zero-order chi connectivity index (χ0) is 9.31. The third kappa shape index (κ3) is 4.14. The van der Waals surface area contributed by atoms with Gasteiger partial charge < -0.3 is 24.8 Å². The maximum absolute atomic E-state index is 2.36. The molecule has 0 heterocycles. The maximum Gasteiger partial charge on any atom is 2.00 e. The van der Waals surface area contributed by atoms with E-state index in [9.17, 15) is 0 Å². The molecule has 2 rings (SSSR count). The molecular formula is C12H15Cl2SiZr. The Balaban J connectivity index is 0. The predicted octanol–water partition coefficient (Wildman–Crippen LogP) is -2.96. The van der Waals surface area contributed by atoms with Crippen LogP contribution in [-0.2, 0) is 26.2 Å². The van der Waals surface area contributed by atoms with Crippen molar-refractivity contribution in [1.29, 1.82) is 0 Å². The number of hydrogen-bond donors (Lipinski definition) is 0. The molecule has 2 aliphatic rings. The quantitative estimate of drug-likeness (QED) is 0.468. The fraction of sp³-hybridized carbons (Fsp3) is 0.333. The minimum atomic E-state index is 0. The van der Waals surface area contributed by atoms with Gasteiger partial charge in [-0.3, -0.25) is 0 Å². The first-order chi connectivity index (χ1) is 6.21. The number of halogens is 2. The molecule has 2 aliphatic carbocycles. The smallest absolute Gasteiger partial charge is 1.00 e. The second-order valence-electron chi connectivity index (χ2n) is 4.01. The summed E-state index contributed by atoms with van der Waals surface area (Å²) in [6, 6.07) is 0. The molecule has 0 fully saturated rings. The molecular weight excluding hydrogens is 334 g/mol. The van der Waals surface area contributed by atoms with E-state index >= 15 is 0 Å². The van der Waals surface area contributed by atoms with E-state index in [-0.39, 0.29) is 51.0 Å². The Labute approximate surface area is 132 Å². The summed E-state index contributed by atoms with van der Waals surface area (Å²) in [5.41, 5.74) is 2.24. The van der Waals surface area contributed by atoms with Crippen molar-refractivity contribution in [1.82, 2.24) is 0 Å². The summed E-state index contributed by atoms with van der Waals surface area (Å²) in [6.45, 7) is 4.60. The third-order valence-corrected chi connectivity index (χ3v) is 5.12. The van der Waals surface area contributed by atoms with Gasteiger partial charge in [-0.05, 0) is 17.5 Å². The van der Waals surface area contributed by atoms with Gasteiger partial charge in [-0.25, -0.2) is 0 Å². The molecule has 0 nitrogen and oxygen atoms in total. The van der Waals surface area contributed by atoms with Gasteiger partial charge in [-0.15, -0.1) is 0 Å². The average molecular weight is 349 g/mol. The van der Waals surface area contributed by atoms with Crippen LogP contribution in [0.1, 0.15) is 13.8 Å². The van der Waals surface area contributed by atoms with Crippen molar-refractivity contribution in [2.45, 2.75) is 24.4 Å². The van der Waals surface area contributed by atoms with Crippen molar-refractivity contribution in [2.75, 3.05) is 0 Å². The summed E-state index contributed by atoms with van der Waals surface area (Å²) in [5.74, 6) is 0. The first kappa shape index (κ1) is 19.0. The van der Waals surface area contributed by atoms with E-state index in [1.54, 1.807) is 0 Å². The molecule has 16 heavy (non-hydrogen) atoms. The third-order valence-electron chi connectivity index (χ3n) is 2.95. The Bertz CT molecular complexity index is 322. The summed E-state index contributed by atoms with van der Waals surface area (Å²) in [6.07, 6.45) is 15.8. The van der Waals surface area contributed by atoms with Crippen molar-refractivity contribution in [3.63, 3.8) is 0 Å². The molecule has 1 unspecified atom stereocenters. The van der Waals surface area contributed by atoms with Crippen LogP contribution in [0, 0.1) is 0 Å². The fourth-order valence-electron chi connectivity index (χ4n) is 1.85. The molecule has 85 valence electrons. The second kappa shape index (κ2) is 7.87. The second-order valence-corrected chi connectivity index (χ2v) is 6.31. The van der Waals surface area contributed by atoms with Crippen LogP contribution >= 0.6 is 0 Å². The van der Waals surface area contributed by atoms with Gasteiger partial charge in [0.2, 0.25) is 0 Å². The van der Waals surface area contributed by atoms with Crippen molar-refractivity contribution in [2.24, 2.45) is 0 Å². The molecule has 0 aromatic rings. The fourth-order valence-corrected chi connectivity index (χ4v) is 3.71. The first-order valence-electron chi connectivity index (χ1n) is 4.78. The molecule has 1 atom stereocenters. The molecule has 0 bridgehead atoms. The molecule has 4 heteroatoms. The zero-order valence-electron chi connectivity index (χ0n) is 9.45. The largest absolute Gasteiger partial charge is 2.00 e. The maximum atomic E-state index is 2.36. The van der Waals surface area contributed by atoms with Crippen LogP contribution in [0.2, 0.25) is 10.6 Å². The minimum Gasteiger partial charge on any atom is -1.00 e. The van der Waals surface area contributed by atoms with Gasteiger partial charge >= 0.3 is 26.2 Å². The van der Waals surface area contributed by atoms with Crippen LogP contribution in [0.3, 0.4) is 0 Å². The van der Waals surface area contributed by atoms with Crippen molar-refractivity contribution in [3.05, 3.63) is 48.1 Å². The predicted molar refractivity (Wildman–Crippen MR) is 60.4 cm³/mol. The van der Waals surface area contributed by atoms with Gasteiger partial charge in [-0.2, -0.15) is 0 Å². The molecule has 0 saturated heterocycles. The van der Waals surface area contributed by atoms with E-state index in [1.165, 1.54) is 5.57 Å². The number of rotatable bonds is 2. The van der Waals surface area contributed by atoms with Crippen LogP contribution < -0.4 is 24.8 Å². The molecule has 0 saturated carbocycles. The standard InChI is InChI=1S/C12H15Si.2ClH.Zr/c1-10-6-5-9-12(10,2)13-11-7-3-4-8-11;;;/h3-9,11,13H,1-2H3;2*1H;/q;;;+2/p-2. The van der Waals surface area contributed by atoms with E-state index in [0.29, 0.717) is 14.6 Å². The van der Waals surface area contributed by atoms with Crippen LogP contribution in [0.4, 0.5) is 0 Å². The van der Waals surface area contributed by atoms with E-state index in [2.05, 4.69) is 56.4 Å². The van der Waals surface area contributed by atoms with Crippen LogP contribution in [0.15, 0.2) is 48.1 Å². The normalized spacial score (nSPS) is 25.8. The van der Waals surface area contributed by atoms with Gasteiger partial charge in [0.25, 0.3) is 0 Å². The number of allylic oxidation sites excluding steroid dienone is 8. The molecule has 0 spiro atoms. The van der Waals surface area contributed by atoms with E-state index in [0.717, 1.165) is 5.54 Å². The summed E-state index contributed by atoms with van der Waals surface area (Å²) in [7, 11) is 0.418. The molecule has 1 radical (unpaired) electrons. The Kier molecular flexibility index (Phi) is 9.34. The van der Waals surface area contributed by atoms with E-state index in [1.807, 2.05) is 0 Å². The van der Waals surface area contributed by atoms with Crippen molar-refractivity contribution in [3.8, 4) is 0 Å². The summed E-state index contributed by atoms with van der Waals surface area (Å²) >= 11 is 0. The summed E-state index contributed by atoms with van der Waals surface area (Å²) in [4.78, 5) is 0. The van der Waals surface area contributed by atoms with Gasteiger partial charge in [0.1, 0.15) is 0 Å². The Morgan fingerprint density at radius 3 is 2.12 bits per heavy atom. The molecule has 0 aromatic heterocycles. The van der Waals surface area contributed by atoms with E-state index in [4.69, 9.17) is 0 Å². The number of hydrogen-bond acceptors (Lipinski definition) is 0. The van der Waals surface area contributed by atoms with Crippen LogP contribution in [0.25, 0.3) is 0 Å². The average Bonchev–Trinajstić information content (AvgIpc) is 2.65. The SMILES string of the molecule is CC1=CC=CC1(C)[SiH]C1C=CC=C1.[Cl-].[Cl-].[Zr+2]. The first-order valence-corrected chi connectivity index (χ1v) is 6.03. The topological polar surface area (TPSA) is 0 Å². The minimum absolute atomic E-state index is 0. The molecule has 0 amide bonds. The molecule has 0 N–H and O–H groups in total. The summed E-state index contributed by atoms with van der Waals surface area (Å²) < 4.78 is 0.